The Kier molecular flexibility index (Phi) is 4.71. The number of ether oxygens (including phenoxy) is 2. The summed E-state index contributed by atoms with van der Waals surface area (Å²) in [5.74, 6) is 0.299. The molecule has 5 heteroatoms. The van der Waals surface area contributed by atoms with E-state index in [2.05, 4.69) is 29.9 Å². The third-order valence-corrected chi connectivity index (χ3v) is 5.52. The molecule has 1 unspecified atom stereocenters. The van der Waals surface area contributed by atoms with Crippen molar-refractivity contribution in [1.82, 2.24) is 9.97 Å². The van der Waals surface area contributed by atoms with Gasteiger partial charge in [-0.3, -0.25) is 0 Å². The number of nitrogens with one attached hydrogen (secondary N) is 1. The predicted octanol–water partition coefficient (Wildman–Crippen LogP) is 5.60. The van der Waals surface area contributed by atoms with E-state index in [4.69, 9.17) is 9.47 Å². The number of pyridine rings is 1. The van der Waals surface area contributed by atoms with Crippen LogP contribution in [0.1, 0.15) is 32.3 Å². The summed E-state index contributed by atoms with van der Waals surface area (Å²) >= 11 is 0. The molecule has 0 radical (unpaired) electrons. The first kappa shape index (κ1) is 18.7. The molecule has 146 valence electrons. The first-order chi connectivity index (χ1) is 13.4. The highest BCUT2D eigenvalue weighted by Crippen LogP contribution is 2.45. The van der Waals surface area contributed by atoms with Gasteiger partial charge in [0.15, 0.2) is 0 Å². The molecule has 0 fully saturated rings. The highest BCUT2D eigenvalue weighted by molar-refractivity contribution is 6.00. The molecule has 0 spiro atoms. The number of hydrogen-bond donors (Lipinski definition) is 1. The molecule has 1 N–H and O–H groups in total. The molecule has 0 saturated carbocycles. The van der Waals surface area contributed by atoms with Crippen molar-refractivity contribution in [2.45, 2.75) is 32.8 Å². The zero-order valence-corrected chi connectivity index (χ0v) is 16.7. The van der Waals surface area contributed by atoms with Crippen LogP contribution < -0.4 is 4.74 Å². The fraction of sp³-hybridized carbons (Fsp3) is 0.348. The Balaban J connectivity index is 2.05. The van der Waals surface area contributed by atoms with Crippen molar-refractivity contribution in [1.29, 1.82) is 0 Å². The third-order valence-electron chi connectivity index (χ3n) is 5.52. The molecule has 4 rings (SSSR count). The normalized spacial score (nSPS) is 18.9. The molecule has 0 amide bonds. The lowest BCUT2D eigenvalue weighted by Crippen LogP contribution is -2.24. The average Bonchev–Trinajstić information content (AvgIpc) is 3.06. The lowest BCUT2D eigenvalue weighted by Gasteiger charge is -2.33. The smallest absolute Gasteiger partial charge is 0.138 e. The minimum atomic E-state index is -0.311. The maximum absolute atomic E-state index is 14.1. The molecule has 0 saturated heterocycles. The Morgan fingerprint density at radius 1 is 1.21 bits per heavy atom. The Labute approximate surface area is 164 Å². The molecule has 1 aliphatic rings. The minimum absolute atomic E-state index is 0.0227. The molecule has 1 atom stereocenters. The number of rotatable bonds is 4. The number of nitrogens with zero attached hydrogens (tertiary/aromatic N) is 1. The average molecular weight is 380 g/mol. The minimum Gasteiger partial charge on any atom is -0.496 e. The van der Waals surface area contributed by atoms with Gasteiger partial charge in [0.05, 0.1) is 18.9 Å². The second-order valence-corrected chi connectivity index (χ2v) is 7.97. The Morgan fingerprint density at radius 2 is 2.04 bits per heavy atom. The van der Waals surface area contributed by atoms with Crippen molar-refractivity contribution < 1.29 is 13.9 Å². The molecule has 1 aliphatic carbocycles. The van der Waals surface area contributed by atoms with Crippen molar-refractivity contribution in [2.24, 2.45) is 5.41 Å². The van der Waals surface area contributed by atoms with Gasteiger partial charge < -0.3 is 14.5 Å². The highest BCUT2D eigenvalue weighted by atomic mass is 19.1. The topological polar surface area (TPSA) is 47.1 Å². The molecule has 28 heavy (non-hydrogen) atoms. The standard InChI is InChI=1S/C23H25FN2O2/c1-23(2)10-9-19(28-4)17(13-23)20-15-6-5-11-25-22(15)26-21(20)16-12-14(24)7-8-18(16)27-3/h5-8,11-13,19H,9-10H2,1-4H3,(H,25,26). The molecule has 1 aromatic carbocycles. The lowest BCUT2D eigenvalue weighted by atomic mass is 9.76. The van der Waals surface area contributed by atoms with Crippen LogP contribution in [0, 0.1) is 11.2 Å². The summed E-state index contributed by atoms with van der Waals surface area (Å²) < 4.78 is 25.5. The number of hydrogen-bond acceptors (Lipinski definition) is 3. The summed E-state index contributed by atoms with van der Waals surface area (Å²) in [5.41, 5.74) is 4.41. The van der Waals surface area contributed by atoms with Gasteiger partial charge >= 0.3 is 0 Å². The summed E-state index contributed by atoms with van der Waals surface area (Å²) in [6.45, 7) is 4.46. The van der Waals surface area contributed by atoms with E-state index in [1.54, 1.807) is 26.5 Å². The predicted molar refractivity (Wildman–Crippen MR) is 110 cm³/mol. The maximum Gasteiger partial charge on any atom is 0.138 e. The van der Waals surface area contributed by atoms with Crippen LogP contribution in [0.4, 0.5) is 4.39 Å². The lowest BCUT2D eigenvalue weighted by molar-refractivity contribution is 0.123. The molecule has 3 aromatic rings. The van der Waals surface area contributed by atoms with Crippen LogP contribution >= 0.6 is 0 Å². The fourth-order valence-corrected chi connectivity index (χ4v) is 4.12. The van der Waals surface area contributed by atoms with Gasteiger partial charge in [-0.05, 0) is 54.2 Å². The summed E-state index contributed by atoms with van der Waals surface area (Å²) in [6.07, 6.45) is 6.00. The van der Waals surface area contributed by atoms with Crippen LogP contribution in [0.3, 0.4) is 0 Å². The van der Waals surface area contributed by atoms with Crippen LogP contribution in [0.25, 0.3) is 27.9 Å². The van der Waals surface area contributed by atoms with Gasteiger partial charge in [0.1, 0.15) is 17.2 Å². The monoisotopic (exact) mass is 380 g/mol. The second-order valence-electron chi connectivity index (χ2n) is 7.97. The van der Waals surface area contributed by atoms with Gasteiger partial charge in [0, 0.05) is 29.8 Å². The van der Waals surface area contributed by atoms with E-state index >= 15 is 0 Å². The number of H-pyrrole nitrogens is 1. The van der Waals surface area contributed by atoms with E-state index in [9.17, 15) is 4.39 Å². The maximum atomic E-state index is 14.1. The number of methoxy groups -OCH3 is 2. The van der Waals surface area contributed by atoms with Crippen LogP contribution in [0.15, 0.2) is 42.6 Å². The summed E-state index contributed by atoms with van der Waals surface area (Å²) in [6, 6.07) is 8.52. The van der Waals surface area contributed by atoms with Crippen molar-refractivity contribution in [3.63, 3.8) is 0 Å². The molecule has 2 aromatic heterocycles. The summed E-state index contributed by atoms with van der Waals surface area (Å²) in [5, 5.41) is 0.995. The van der Waals surface area contributed by atoms with Crippen LogP contribution in [0.5, 0.6) is 5.75 Å². The number of fused-ring (bicyclic) bond motifs is 1. The molecule has 4 nitrogen and oxygen atoms in total. The van der Waals surface area contributed by atoms with E-state index in [-0.39, 0.29) is 17.3 Å². The van der Waals surface area contributed by atoms with Gasteiger partial charge in [-0.15, -0.1) is 0 Å². The molecule has 2 heterocycles. The number of allylic oxidation sites excluding steroid dienone is 1. The van der Waals surface area contributed by atoms with Gasteiger partial charge in [-0.2, -0.15) is 0 Å². The largest absolute Gasteiger partial charge is 0.496 e. The summed E-state index contributed by atoms with van der Waals surface area (Å²) in [7, 11) is 3.34. The molecule has 0 aliphatic heterocycles. The quantitative estimate of drug-likeness (QED) is 0.641. The van der Waals surface area contributed by atoms with E-state index < -0.39 is 0 Å². The first-order valence-electron chi connectivity index (χ1n) is 9.50. The third kappa shape index (κ3) is 3.20. The van der Waals surface area contributed by atoms with Crippen LogP contribution in [-0.2, 0) is 4.74 Å². The fourth-order valence-electron chi connectivity index (χ4n) is 4.12. The number of halogens is 1. The molecular formula is C23H25FN2O2. The van der Waals surface area contributed by atoms with Gasteiger partial charge in [-0.25, -0.2) is 9.37 Å². The SMILES string of the molecule is COc1ccc(F)cc1-c1[nH]c2ncccc2c1C1=CC(C)(C)CCC1OC. The second kappa shape index (κ2) is 7.06. The van der Waals surface area contributed by atoms with Crippen molar-refractivity contribution in [2.75, 3.05) is 14.2 Å². The van der Waals surface area contributed by atoms with Crippen LogP contribution in [0.2, 0.25) is 0 Å². The zero-order chi connectivity index (χ0) is 19.9. The Bertz CT molecular complexity index is 1050. The highest BCUT2D eigenvalue weighted by Gasteiger charge is 2.32. The van der Waals surface area contributed by atoms with Crippen molar-refractivity contribution in [3.05, 3.63) is 54.0 Å². The Hall–Kier alpha value is -2.66. The number of benzene rings is 1. The van der Waals surface area contributed by atoms with Crippen molar-refractivity contribution >= 4 is 16.6 Å². The molecular weight excluding hydrogens is 355 g/mol. The first-order valence-corrected chi connectivity index (χ1v) is 9.50. The van der Waals surface area contributed by atoms with Gasteiger partial charge in [-0.1, -0.05) is 19.9 Å². The van der Waals surface area contributed by atoms with E-state index in [1.165, 1.54) is 12.1 Å². The van der Waals surface area contributed by atoms with Gasteiger partial charge in [0.25, 0.3) is 0 Å². The number of aromatic nitrogens is 2. The van der Waals surface area contributed by atoms with E-state index in [0.717, 1.165) is 40.7 Å². The van der Waals surface area contributed by atoms with E-state index in [0.29, 0.717) is 11.3 Å². The zero-order valence-electron chi connectivity index (χ0n) is 16.7. The summed E-state index contributed by atoms with van der Waals surface area (Å²) in [4.78, 5) is 7.89. The number of aromatic amines is 1. The van der Waals surface area contributed by atoms with Crippen molar-refractivity contribution in [3.8, 4) is 17.0 Å². The van der Waals surface area contributed by atoms with E-state index in [1.807, 2.05) is 12.1 Å². The molecule has 0 bridgehead atoms. The van der Waals surface area contributed by atoms with Crippen LogP contribution in [-0.4, -0.2) is 30.3 Å². The van der Waals surface area contributed by atoms with Gasteiger partial charge in [0.2, 0.25) is 0 Å². The Morgan fingerprint density at radius 3 is 2.79 bits per heavy atom.